The molecule has 0 spiro atoms. The summed E-state index contributed by atoms with van der Waals surface area (Å²) in [5, 5.41) is 13.2. The molecule has 0 aliphatic heterocycles. The molecule has 2 aromatic heterocycles. The summed E-state index contributed by atoms with van der Waals surface area (Å²) >= 11 is 1.41. The number of nitrogens with one attached hydrogen (secondary N) is 1. The van der Waals surface area contributed by atoms with Gasteiger partial charge >= 0.3 is 0 Å². The van der Waals surface area contributed by atoms with Crippen LogP contribution in [0.3, 0.4) is 0 Å². The monoisotopic (exact) mass is 286 g/mol. The molecule has 20 heavy (non-hydrogen) atoms. The lowest BCUT2D eigenvalue weighted by atomic mass is 10.2. The summed E-state index contributed by atoms with van der Waals surface area (Å²) in [6.45, 7) is 1.92. The van der Waals surface area contributed by atoms with Gasteiger partial charge in [0.1, 0.15) is 0 Å². The minimum Gasteiger partial charge on any atom is -0.395 e. The van der Waals surface area contributed by atoms with Crippen molar-refractivity contribution in [3.63, 3.8) is 0 Å². The number of hydrogen-bond donors (Lipinski definition) is 2. The molecule has 5 heteroatoms. The second kappa shape index (κ2) is 6.85. The molecule has 0 fully saturated rings. The Kier molecular flexibility index (Phi) is 4.88. The summed E-state index contributed by atoms with van der Waals surface area (Å²) in [5.74, 6) is 5.58. The van der Waals surface area contributed by atoms with Crippen molar-refractivity contribution in [2.45, 2.75) is 13.3 Å². The molecule has 4 nitrogen and oxygen atoms in total. The lowest BCUT2D eigenvalue weighted by molar-refractivity contribution is 0.102. The van der Waals surface area contributed by atoms with Crippen LogP contribution >= 0.6 is 11.3 Å². The molecule has 0 radical (unpaired) electrons. The average Bonchev–Trinajstić information content (AvgIpc) is 2.88. The van der Waals surface area contributed by atoms with Crippen molar-refractivity contribution in [2.75, 3.05) is 11.9 Å². The Hall–Kier alpha value is -2.16. The highest BCUT2D eigenvalue weighted by atomic mass is 32.1. The van der Waals surface area contributed by atoms with Gasteiger partial charge < -0.3 is 10.4 Å². The summed E-state index contributed by atoms with van der Waals surface area (Å²) in [6.07, 6.45) is 2.10. The molecule has 2 N–H and O–H groups in total. The molecule has 2 heterocycles. The lowest BCUT2D eigenvalue weighted by Crippen LogP contribution is -2.10. The van der Waals surface area contributed by atoms with Gasteiger partial charge in [-0.2, -0.15) is 0 Å². The summed E-state index contributed by atoms with van der Waals surface area (Å²) in [4.78, 5) is 16.9. The first kappa shape index (κ1) is 14.3. The van der Waals surface area contributed by atoms with Crippen molar-refractivity contribution in [3.8, 4) is 11.8 Å². The normalized spacial score (nSPS) is 9.70. The number of hydrogen-bond acceptors (Lipinski definition) is 4. The second-order valence-electron chi connectivity index (χ2n) is 4.12. The number of aromatic nitrogens is 1. The van der Waals surface area contributed by atoms with Crippen LogP contribution in [0.1, 0.15) is 27.3 Å². The van der Waals surface area contributed by atoms with E-state index in [-0.39, 0.29) is 12.5 Å². The third-order valence-electron chi connectivity index (χ3n) is 2.46. The summed E-state index contributed by atoms with van der Waals surface area (Å²) in [5.41, 5.74) is 2.16. The Bertz CT molecular complexity index is 668. The number of amides is 1. The smallest absolute Gasteiger partial charge is 0.256 e. The molecule has 2 aromatic rings. The molecular formula is C15H14N2O2S. The predicted octanol–water partition coefficient (Wildman–Crippen LogP) is 2.44. The quantitative estimate of drug-likeness (QED) is 0.852. The SMILES string of the molecule is Cc1cc(NC(=O)c2csc(C#CCCO)c2)ccn1. The van der Waals surface area contributed by atoms with Crippen LogP contribution in [0.25, 0.3) is 0 Å². The van der Waals surface area contributed by atoms with Crippen LogP contribution in [-0.2, 0) is 0 Å². The highest BCUT2D eigenvalue weighted by Crippen LogP contribution is 2.16. The van der Waals surface area contributed by atoms with Crippen molar-refractivity contribution in [2.24, 2.45) is 0 Å². The number of anilines is 1. The second-order valence-corrected chi connectivity index (χ2v) is 5.03. The molecule has 0 atom stereocenters. The first-order valence-corrected chi connectivity index (χ1v) is 6.99. The van der Waals surface area contributed by atoms with E-state index in [4.69, 9.17) is 5.11 Å². The Labute approximate surface area is 121 Å². The third kappa shape index (κ3) is 3.92. The maximum atomic E-state index is 12.1. The molecule has 0 unspecified atom stereocenters. The zero-order valence-electron chi connectivity index (χ0n) is 11.0. The fraction of sp³-hybridized carbons (Fsp3) is 0.200. The Morgan fingerprint density at radius 1 is 1.50 bits per heavy atom. The van der Waals surface area contributed by atoms with E-state index < -0.39 is 0 Å². The minimum absolute atomic E-state index is 0.0487. The van der Waals surface area contributed by atoms with E-state index in [0.29, 0.717) is 12.0 Å². The van der Waals surface area contributed by atoms with Gasteiger partial charge in [0.25, 0.3) is 5.91 Å². The number of aliphatic hydroxyl groups excluding tert-OH is 1. The molecule has 2 rings (SSSR count). The van der Waals surface area contributed by atoms with Crippen LogP contribution in [0, 0.1) is 18.8 Å². The first-order chi connectivity index (χ1) is 9.69. The van der Waals surface area contributed by atoms with Gasteiger partial charge in [-0.3, -0.25) is 9.78 Å². The van der Waals surface area contributed by atoms with Crippen LogP contribution in [0.4, 0.5) is 5.69 Å². The van der Waals surface area contributed by atoms with Gasteiger partial charge in [-0.15, -0.1) is 11.3 Å². The van der Waals surface area contributed by atoms with E-state index in [1.807, 2.05) is 13.0 Å². The number of nitrogens with zero attached hydrogens (tertiary/aromatic N) is 1. The molecule has 102 valence electrons. The first-order valence-electron chi connectivity index (χ1n) is 6.11. The minimum atomic E-state index is -0.165. The summed E-state index contributed by atoms with van der Waals surface area (Å²) in [6, 6.07) is 5.31. The van der Waals surface area contributed by atoms with Crippen molar-refractivity contribution < 1.29 is 9.90 Å². The third-order valence-corrected chi connectivity index (χ3v) is 3.31. The van der Waals surface area contributed by atoms with Crippen molar-refractivity contribution in [3.05, 3.63) is 45.9 Å². The predicted molar refractivity (Wildman–Crippen MR) is 79.8 cm³/mol. The standard InChI is InChI=1S/C15H14N2O2S/c1-11-8-13(5-6-16-11)17-15(19)12-9-14(20-10-12)4-2-3-7-18/h5-6,8-10,18H,3,7H2,1H3,(H,16,17,19). The van der Waals surface area contributed by atoms with E-state index in [9.17, 15) is 4.79 Å². The highest BCUT2D eigenvalue weighted by Gasteiger charge is 2.08. The summed E-state index contributed by atoms with van der Waals surface area (Å²) in [7, 11) is 0. The molecular weight excluding hydrogens is 272 g/mol. The molecule has 0 aliphatic rings. The van der Waals surface area contributed by atoms with Gasteiger partial charge in [0.2, 0.25) is 0 Å². The lowest BCUT2D eigenvalue weighted by Gasteiger charge is -2.03. The zero-order chi connectivity index (χ0) is 14.4. The van der Waals surface area contributed by atoms with Gasteiger partial charge in [-0.05, 0) is 25.1 Å². The van der Waals surface area contributed by atoms with Crippen LogP contribution in [0.5, 0.6) is 0 Å². The topological polar surface area (TPSA) is 62.2 Å². The van der Waals surface area contributed by atoms with Crippen LogP contribution < -0.4 is 5.32 Å². The molecule has 0 saturated carbocycles. The number of pyridine rings is 1. The Balaban J connectivity index is 2.05. The number of aryl methyl sites for hydroxylation is 1. The van der Waals surface area contributed by atoms with Crippen LogP contribution in [-0.4, -0.2) is 22.6 Å². The van der Waals surface area contributed by atoms with Crippen molar-refractivity contribution >= 4 is 22.9 Å². The molecule has 0 saturated heterocycles. The van der Waals surface area contributed by atoms with Crippen LogP contribution in [0.15, 0.2) is 29.8 Å². The zero-order valence-corrected chi connectivity index (χ0v) is 11.8. The molecule has 0 bridgehead atoms. The van der Waals surface area contributed by atoms with Crippen molar-refractivity contribution in [1.82, 2.24) is 4.98 Å². The number of carbonyl (C=O) groups excluding carboxylic acids is 1. The Morgan fingerprint density at radius 2 is 2.35 bits per heavy atom. The fourth-order valence-electron chi connectivity index (χ4n) is 1.55. The maximum Gasteiger partial charge on any atom is 0.256 e. The number of aliphatic hydroxyl groups is 1. The number of rotatable bonds is 3. The largest absolute Gasteiger partial charge is 0.395 e. The average molecular weight is 286 g/mol. The highest BCUT2D eigenvalue weighted by molar-refractivity contribution is 7.10. The maximum absolute atomic E-state index is 12.1. The van der Waals surface area contributed by atoms with E-state index in [1.54, 1.807) is 23.7 Å². The van der Waals surface area contributed by atoms with E-state index in [1.165, 1.54) is 11.3 Å². The van der Waals surface area contributed by atoms with Gasteiger partial charge in [0.05, 0.1) is 17.0 Å². The van der Waals surface area contributed by atoms with Gasteiger partial charge in [-0.1, -0.05) is 11.8 Å². The molecule has 1 amide bonds. The Morgan fingerprint density at radius 3 is 3.10 bits per heavy atom. The van der Waals surface area contributed by atoms with E-state index in [0.717, 1.165) is 16.3 Å². The van der Waals surface area contributed by atoms with Gasteiger partial charge in [0, 0.05) is 29.4 Å². The van der Waals surface area contributed by atoms with Crippen LogP contribution in [0.2, 0.25) is 0 Å². The fourth-order valence-corrected chi connectivity index (χ4v) is 2.31. The van der Waals surface area contributed by atoms with E-state index in [2.05, 4.69) is 22.1 Å². The van der Waals surface area contributed by atoms with Gasteiger partial charge in [-0.25, -0.2) is 0 Å². The summed E-state index contributed by atoms with van der Waals surface area (Å²) < 4.78 is 0. The number of thiophene rings is 1. The molecule has 0 aliphatic carbocycles. The number of carbonyl (C=O) groups is 1. The van der Waals surface area contributed by atoms with E-state index >= 15 is 0 Å². The molecule has 0 aromatic carbocycles. The van der Waals surface area contributed by atoms with Crippen molar-refractivity contribution in [1.29, 1.82) is 0 Å². The van der Waals surface area contributed by atoms with Gasteiger partial charge in [0.15, 0.2) is 0 Å².